The third kappa shape index (κ3) is 3.25. The van der Waals surface area contributed by atoms with Gasteiger partial charge in [0.1, 0.15) is 16.6 Å². The molecule has 2 N–H and O–H groups in total. The summed E-state index contributed by atoms with van der Waals surface area (Å²) in [5, 5.41) is 11.6. The van der Waals surface area contributed by atoms with Crippen molar-refractivity contribution < 1.29 is 14.3 Å². The Morgan fingerprint density at radius 3 is 3.00 bits per heavy atom. The smallest absolute Gasteiger partial charge is 0.269 e. The molecule has 8 heteroatoms. The van der Waals surface area contributed by atoms with Gasteiger partial charge in [0.25, 0.3) is 5.91 Å². The van der Waals surface area contributed by atoms with Crippen molar-refractivity contribution in [1.82, 2.24) is 15.8 Å². The van der Waals surface area contributed by atoms with Crippen molar-refractivity contribution in [2.75, 3.05) is 6.79 Å². The number of thiazole rings is 1. The Hall–Kier alpha value is -3.05. The summed E-state index contributed by atoms with van der Waals surface area (Å²) in [4.78, 5) is 16.3. The van der Waals surface area contributed by atoms with Crippen molar-refractivity contribution in [2.24, 2.45) is 0 Å². The summed E-state index contributed by atoms with van der Waals surface area (Å²) >= 11 is 1.37. The first-order valence-electron chi connectivity index (χ1n) is 6.65. The fourth-order valence-corrected chi connectivity index (χ4v) is 2.67. The lowest BCUT2D eigenvalue weighted by atomic mass is 10.2. The Morgan fingerprint density at radius 2 is 2.26 bits per heavy atom. The third-order valence-corrected chi connectivity index (χ3v) is 4.00. The average Bonchev–Trinajstić information content (AvgIpc) is 3.19. The minimum atomic E-state index is -0.354. The van der Waals surface area contributed by atoms with Gasteiger partial charge in [-0.2, -0.15) is 5.26 Å². The molecule has 1 aromatic carbocycles. The van der Waals surface area contributed by atoms with Gasteiger partial charge in [0.2, 0.25) is 6.79 Å². The maximum absolute atomic E-state index is 12.1. The number of nitriles is 1. The number of amides is 1. The number of benzene rings is 1. The minimum absolute atomic E-state index is 0.153. The summed E-state index contributed by atoms with van der Waals surface area (Å²) in [5.74, 6) is 0.789. The standard InChI is InChI=1S/C15H12N4O3S/c1-9-7-23-15(18-9)11(5-16)6-17-19-14(20)10-2-3-12-13(4-10)22-8-21-12/h2-4,6-7,17H,8H2,1H3,(H,19,20)/b11-6+. The topological polar surface area (TPSA) is 96.3 Å². The fourth-order valence-electron chi connectivity index (χ4n) is 1.90. The van der Waals surface area contributed by atoms with E-state index in [1.54, 1.807) is 18.2 Å². The molecule has 7 nitrogen and oxygen atoms in total. The number of fused-ring (bicyclic) bond motifs is 1. The van der Waals surface area contributed by atoms with E-state index in [2.05, 4.69) is 15.8 Å². The molecule has 116 valence electrons. The van der Waals surface area contributed by atoms with Gasteiger partial charge in [-0.3, -0.25) is 10.2 Å². The predicted octanol–water partition coefficient (Wildman–Crippen LogP) is 1.98. The molecule has 2 heterocycles. The first-order valence-corrected chi connectivity index (χ1v) is 7.53. The number of hydrogen-bond acceptors (Lipinski definition) is 7. The second kappa shape index (κ2) is 6.37. The van der Waals surface area contributed by atoms with Gasteiger partial charge in [0.05, 0.1) is 0 Å². The Bertz CT molecular complexity index is 822. The highest BCUT2D eigenvalue weighted by Crippen LogP contribution is 2.32. The van der Waals surface area contributed by atoms with Gasteiger partial charge in [0, 0.05) is 22.8 Å². The molecule has 0 fully saturated rings. The Kier molecular flexibility index (Phi) is 4.12. The molecule has 0 atom stereocenters. The predicted molar refractivity (Wildman–Crippen MR) is 83.6 cm³/mol. The lowest BCUT2D eigenvalue weighted by Gasteiger charge is -2.05. The summed E-state index contributed by atoms with van der Waals surface area (Å²) in [6.45, 7) is 2.00. The molecule has 1 amide bonds. The number of allylic oxidation sites excluding steroid dienone is 1. The van der Waals surface area contributed by atoms with Crippen LogP contribution < -0.4 is 20.3 Å². The lowest BCUT2D eigenvalue weighted by molar-refractivity contribution is 0.0940. The molecule has 1 aromatic heterocycles. The number of carbonyl (C=O) groups excluding carboxylic acids is 1. The summed E-state index contributed by atoms with van der Waals surface area (Å²) in [6, 6.07) is 6.93. The highest BCUT2D eigenvalue weighted by molar-refractivity contribution is 7.10. The second-order valence-electron chi connectivity index (χ2n) is 4.63. The maximum atomic E-state index is 12.1. The molecule has 0 unspecified atom stereocenters. The molecule has 3 rings (SSSR count). The number of aromatic nitrogens is 1. The quantitative estimate of drug-likeness (QED) is 0.658. The van der Waals surface area contributed by atoms with Crippen molar-refractivity contribution in [3.8, 4) is 17.6 Å². The van der Waals surface area contributed by atoms with E-state index in [1.165, 1.54) is 17.5 Å². The molecule has 0 bridgehead atoms. The first-order chi connectivity index (χ1) is 11.2. The Morgan fingerprint density at radius 1 is 1.43 bits per heavy atom. The molecular weight excluding hydrogens is 316 g/mol. The van der Waals surface area contributed by atoms with Crippen LogP contribution in [0, 0.1) is 18.3 Å². The van der Waals surface area contributed by atoms with Crippen molar-refractivity contribution >= 4 is 22.8 Å². The van der Waals surface area contributed by atoms with Gasteiger partial charge in [-0.1, -0.05) is 0 Å². The fraction of sp³-hybridized carbons (Fsp3) is 0.133. The van der Waals surface area contributed by atoms with E-state index in [1.807, 2.05) is 18.4 Å². The van der Waals surface area contributed by atoms with Gasteiger partial charge in [-0.15, -0.1) is 11.3 Å². The van der Waals surface area contributed by atoms with Crippen LogP contribution >= 0.6 is 11.3 Å². The summed E-state index contributed by atoms with van der Waals surface area (Å²) in [5.41, 5.74) is 6.72. The molecule has 0 spiro atoms. The molecule has 2 aromatic rings. The second-order valence-corrected chi connectivity index (χ2v) is 5.49. The molecular formula is C15H12N4O3S. The minimum Gasteiger partial charge on any atom is -0.454 e. The molecule has 23 heavy (non-hydrogen) atoms. The van der Waals surface area contributed by atoms with Crippen LogP contribution in [-0.4, -0.2) is 17.7 Å². The van der Waals surface area contributed by atoms with Crippen LogP contribution in [0.1, 0.15) is 21.1 Å². The Balaban J connectivity index is 1.64. The average molecular weight is 328 g/mol. The van der Waals surface area contributed by atoms with Crippen LogP contribution in [-0.2, 0) is 0 Å². The number of nitrogens with one attached hydrogen (secondary N) is 2. The van der Waals surface area contributed by atoms with Gasteiger partial charge in [-0.05, 0) is 25.1 Å². The van der Waals surface area contributed by atoms with E-state index in [4.69, 9.17) is 14.7 Å². The van der Waals surface area contributed by atoms with Crippen LogP contribution in [0.15, 0.2) is 29.8 Å². The van der Waals surface area contributed by atoms with Crippen LogP contribution in [0.4, 0.5) is 0 Å². The van der Waals surface area contributed by atoms with Crippen molar-refractivity contribution in [3.63, 3.8) is 0 Å². The van der Waals surface area contributed by atoms with Crippen LogP contribution in [0.2, 0.25) is 0 Å². The van der Waals surface area contributed by atoms with Gasteiger partial charge < -0.3 is 14.9 Å². The number of hydrazine groups is 1. The number of carbonyl (C=O) groups is 1. The number of nitrogens with zero attached hydrogens (tertiary/aromatic N) is 2. The highest BCUT2D eigenvalue weighted by atomic mass is 32.1. The lowest BCUT2D eigenvalue weighted by Crippen LogP contribution is -2.33. The van der Waals surface area contributed by atoms with Gasteiger partial charge in [-0.25, -0.2) is 4.98 Å². The van der Waals surface area contributed by atoms with Crippen LogP contribution in [0.5, 0.6) is 11.5 Å². The highest BCUT2D eigenvalue weighted by Gasteiger charge is 2.16. The monoisotopic (exact) mass is 328 g/mol. The van der Waals surface area contributed by atoms with Crippen molar-refractivity contribution in [2.45, 2.75) is 6.92 Å². The third-order valence-electron chi connectivity index (χ3n) is 3.01. The van der Waals surface area contributed by atoms with Crippen molar-refractivity contribution in [3.05, 3.63) is 46.0 Å². The normalized spacial score (nSPS) is 12.6. The zero-order chi connectivity index (χ0) is 16.2. The molecule has 1 aliphatic rings. The van der Waals surface area contributed by atoms with Crippen LogP contribution in [0.25, 0.3) is 5.57 Å². The van der Waals surface area contributed by atoms with E-state index in [0.29, 0.717) is 27.6 Å². The number of ether oxygens (including phenoxy) is 2. The van der Waals surface area contributed by atoms with E-state index in [-0.39, 0.29) is 12.7 Å². The van der Waals surface area contributed by atoms with E-state index < -0.39 is 0 Å². The summed E-state index contributed by atoms with van der Waals surface area (Å²) in [7, 11) is 0. The summed E-state index contributed by atoms with van der Waals surface area (Å²) < 4.78 is 10.4. The van der Waals surface area contributed by atoms with E-state index in [0.717, 1.165) is 5.69 Å². The number of aryl methyl sites for hydroxylation is 1. The van der Waals surface area contributed by atoms with E-state index >= 15 is 0 Å². The van der Waals surface area contributed by atoms with Gasteiger partial charge >= 0.3 is 0 Å². The number of rotatable bonds is 4. The zero-order valence-corrected chi connectivity index (χ0v) is 12.9. The van der Waals surface area contributed by atoms with Gasteiger partial charge in [0.15, 0.2) is 11.5 Å². The Labute approximate surface area is 136 Å². The molecule has 0 saturated heterocycles. The molecule has 0 saturated carbocycles. The summed E-state index contributed by atoms with van der Waals surface area (Å²) in [6.07, 6.45) is 1.41. The maximum Gasteiger partial charge on any atom is 0.269 e. The molecule has 1 aliphatic heterocycles. The molecule has 0 radical (unpaired) electrons. The molecule has 0 aliphatic carbocycles. The first kappa shape index (κ1) is 14.9. The number of hydrogen-bond donors (Lipinski definition) is 2. The van der Waals surface area contributed by atoms with Crippen LogP contribution in [0.3, 0.4) is 0 Å². The van der Waals surface area contributed by atoms with Crippen molar-refractivity contribution in [1.29, 1.82) is 5.26 Å². The SMILES string of the molecule is Cc1csc(/C(C#N)=C/NNC(=O)c2ccc3c(c2)OCO3)n1. The largest absolute Gasteiger partial charge is 0.454 e. The van der Waals surface area contributed by atoms with E-state index in [9.17, 15) is 4.79 Å². The zero-order valence-electron chi connectivity index (χ0n) is 12.1.